The van der Waals surface area contributed by atoms with Gasteiger partial charge in [0.15, 0.2) is 0 Å². The molecule has 1 aromatic heterocycles. The van der Waals surface area contributed by atoms with Crippen LogP contribution in [0, 0.1) is 0 Å². The lowest BCUT2D eigenvalue weighted by atomic mass is 10.1. The van der Waals surface area contributed by atoms with E-state index < -0.39 is 0 Å². The highest BCUT2D eigenvalue weighted by atomic mass is 16.5. The summed E-state index contributed by atoms with van der Waals surface area (Å²) in [5.74, 6) is 1.21. The Morgan fingerprint density at radius 2 is 2.29 bits per heavy atom. The van der Waals surface area contributed by atoms with Gasteiger partial charge in [-0.25, -0.2) is 4.98 Å². The van der Waals surface area contributed by atoms with Crippen LogP contribution in [0.5, 0.6) is 0 Å². The molecule has 2 rings (SSSR count). The van der Waals surface area contributed by atoms with E-state index in [4.69, 9.17) is 4.74 Å². The van der Waals surface area contributed by atoms with Crippen LogP contribution in [0.3, 0.4) is 0 Å². The number of imidazole rings is 1. The summed E-state index contributed by atoms with van der Waals surface area (Å²) in [5, 5.41) is 3.60. The van der Waals surface area contributed by atoms with Gasteiger partial charge in [-0.2, -0.15) is 0 Å². The van der Waals surface area contributed by atoms with E-state index in [9.17, 15) is 0 Å². The molecule has 1 fully saturated rings. The van der Waals surface area contributed by atoms with Crippen molar-refractivity contribution in [2.45, 2.75) is 45.2 Å². The molecule has 4 nitrogen and oxygen atoms in total. The van der Waals surface area contributed by atoms with E-state index >= 15 is 0 Å². The third-order valence-electron chi connectivity index (χ3n) is 3.28. The molecular formula is C13H23N3O. The van der Waals surface area contributed by atoms with E-state index in [1.54, 1.807) is 0 Å². The number of nitrogens with one attached hydrogen (secondary N) is 1. The summed E-state index contributed by atoms with van der Waals surface area (Å²) in [5.41, 5.74) is 0. The molecule has 0 radical (unpaired) electrons. The van der Waals surface area contributed by atoms with Gasteiger partial charge in [-0.3, -0.25) is 0 Å². The minimum Gasteiger partial charge on any atom is -0.381 e. The lowest BCUT2D eigenvalue weighted by Crippen LogP contribution is -2.36. The molecule has 2 heterocycles. The second-order valence-electron chi connectivity index (χ2n) is 4.63. The summed E-state index contributed by atoms with van der Waals surface area (Å²) in [6.07, 6.45) is 8.50. The third kappa shape index (κ3) is 3.82. The van der Waals surface area contributed by atoms with Crippen molar-refractivity contribution < 1.29 is 4.74 Å². The first-order chi connectivity index (χ1) is 8.40. The Morgan fingerprint density at radius 3 is 3.06 bits per heavy atom. The highest BCUT2D eigenvalue weighted by Gasteiger charge is 2.12. The molecule has 0 bridgehead atoms. The summed E-state index contributed by atoms with van der Waals surface area (Å²) in [6, 6.07) is 0.641. The Balaban J connectivity index is 1.71. The number of nitrogens with zero attached hydrogens (tertiary/aromatic N) is 2. The van der Waals surface area contributed by atoms with Crippen molar-refractivity contribution in [1.29, 1.82) is 0 Å². The fraction of sp³-hybridized carbons (Fsp3) is 0.769. The van der Waals surface area contributed by atoms with Crippen molar-refractivity contribution in [1.82, 2.24) is 14.9 Å². The van der Waals surface area contributed by atoms with Crippen LogP contribution in [-0.2, 0) is 17.7 Å². The number of hydrogen-bond acceptors (Lipinski definition) is 3. The predicted molar refractivity (Wildman–Crippen MR) is 68.1 cm³/mol. The van der Waals surface area contributed by atoms with Crippen LogP contribution in [0.15, 0.2) is 12.4 Å². The molecule has 0 saturated carbocycles. The smallest absolute Gasteiger partial charge is 0.108 e. The van der Waals surface area contributed by atoms with E-state index in [1.807, 2.05) is 6.20 Å². The molecule has 0 unspecified atom stereocenters. The van der Waals surface area contributed by atoms with Crippen LogP contribution in [0.2, 0.25) is 0 Å². The topological polar surface area (TPSA) is 39.1 Å². The van der Waals surface area contributed by atoms with Crippen LogP contribution >= 0.6 is 0 Å². The van der Waals surface area contributed by atoms with Crippen LogP contribution in [0.4, 0.5) is 0 Å². The molecule has 1 saturated heterocycles. The first kappa shape index (κ1) is 12.6. The second-order valence-corrected chi connectivity index (χ2v) is 4.63. The summed E-state index contributed by atoms with van der Waals surface area (Å²) >= 11 is 0. The van der Waals surface area contributed by atoms with Gasteiger partial charge < -0.3 is 14.6 Å². The van der Waals surface area contributed by atoms with Gasteiger partial charge in [0.05, 0.1) is 0 Å². The second kappa shape index (κ2) is 6.77. The van der Waals surface area contributed by atoms with Crippen molar-refractivity contribution in [3.05, 3.63) is 18.2 Å². The van der Waals surface area contributed by atoms with Crippen LogP contribution in [0.1, 0.15) is 32.0 Å². The number of rotatable bonds is 6. The molecule has 1 aliphatic rings. The van der Waals surface area contributed by atoms with Gasteiger partial charge >= 0.3 is 0 Å². The summed E-state index contributed by atoms with van der Waals surface area (Å²) in [6.45, 7) is 6.05. The maximum absolute atomic E-state index is 5.35. The first-order valence-corrected chi connectivity index (χ1v) is 6.71. The predicted octanol–water partition coefficient (Wildman–Crippen LogP) is 1.60. The minimum absolute atomic E-state index is 0.641. The Hall–Kier alpha value is -0.870. The van der Waals surface area contributed by atoms with E-state index in [0.717, 1.165) is 52.0 Å². The monoisotopic (exact) mass is 237 g/mol. The van der Waals surface area contributed by atoms with Crippen molar-refractivity contribution >= 4 is 0 Å². The van der Waals surface area contributed by atoms with Crippen molar-refractivity contribution in [3.8, 4) is 0 Å². The van der Waals surface area contributed by atoms with Crippen molar-refractivity contribution in [2.24, 2.45) is 0 Å². The average Bonchev–Trinajstić information content (AvgIpc) is 2.79. The Kier molecular flexibility index (Phi) is 5.01. The maximum atomic E-state index is 5.35. The quantitative estimate of drug-likeness (QED) is 0.817. The van der Waals surface area contributed by atoms with Gasteiger partial charge in [0.1, 0.15) is 5.82 Å². The maximum Gasteiger partial charge on any atom is 0.108 e. The molecule has 0 aromatic carbocycles. The van der Waals surface area contributed by atoms with Crippen LogP contribution in [0.25, 0.3) is 0 Å². The average molecular weight is 237 g/mol. The van der Waals surface area contributed by atoms with Gasteiger partial charge in [-0.1, -0.05) is 6.92 Å². The highest BCUT2D eigenvalue weighted by Crippen LogP contribution is 2.06. The molecule has 96 valence electrons. The molecular weight excluding hydrogens is 214 g/mol. The molecule has 1 N–H and O–H groups in total. The lowest BCUT2D eigenvalue weighted by Gasteiger charge is -2.23. The Morgan fingerprint density at radius 1 is 1.47 bits per heavy atom. The zero-order chi connectivity index (χ0) is 11.9. The molecule has 0 aliphatic carbocycles. The fourth-order valence-corrected chi connectivity index (χ4v) is 2.29. The summed E-state index contributed by atoms with van der Waals surface area (Å²) < 4.78 is 7.61. The first-order valence-electron chi connectivity index (χ1n) is 6.71. The SMILES string of the molecule is CCCc1nccn1CCNC1CCOCC1. The van der Waals surface area contributed by atoms with E-state index in [2.05, 4.69) is 28.0 Å². The molecule has 0 spiro atoms. The van der Waals surface area contributed by atoms with Crippen molar-refractivity contribution in [3.63, 3.8) is 0 Å². The van der Waals surface area contributed by atoms with Gasteiger partial charge in [0.2, 0.25) is 0 Å². The Bertz CT molecular complexity index is 318. The molecule has 17 heavy (non-hydrogen) atoms. The zero-order valence-electron chi connectivity index (χ0n) is 10.7. The number of hydrogen-bond donors (Lipinski definition) is 1. The van der Waals surface area contributed by atoms with Gasteiger partial charge in [-0.05, 0) is 19.3 Å². The van der Waals surface area contributed by atoms with E-state index in [-0.39, 0.29) is 0 Å². The molecule has 0 amide bonds. The zero-order valence-corrected chi connectivity index (χ0v) is 10.7. The molecule has 1 aliphatic heterocycles. The van der Waals surface area contributed by atoms with Gasteiger partial charge in [0.25, 0.3) is 0 Å². The van der Waals surface area contributed by atoms with E-state index in [0.29, 0.717) is 6.04 Å². The molecule has 4 heteroatoms. The fourth-order valence-electron chi connectivity index (χ4n) is 2.29. The van der Waals surface area contributed by atoms with Gasteiger partial charge in [-0.15, -0.1) is 0 Å². The molecule has 1 aromatic rings. The highest BCUT2D eigenvalue weighted by molar-refractivity contribution is 4.92. The minimum atomic E-state index is 0.641. The van der Waals surface area contributed by atoms with Gasteiger partial charge in [0, 0.05) is 51.2 Å². The summed E-state index contributed by atoms with van der Waals surface area (Å²) in [7, 11) is 0. The largest absolute Gasteiger partial charge is 0.381 e. The normalized spacial score (nSPS) is 17.5. The number of aryl methyl sites for hydroxylation is 1. The lowest BCUT2D eigenvalue weighted by molar-refractivity contribution is 0.0778. The summed E-state index contributed by atoms with van der Waals surface area (Å²) in [4.78, 5) is 4.39. The Labute approximate surface area is 103 Å². The standard InChI is InChI=1S/C13H23N3O/c1-2-3-13-15-7-9-16(13)8-6-14-12-4-10-17-11-5-12/h7,9,12,14H,2-6,8,10-11H2,1H3. The van der Waals surface area contributed by atoms with Crippen molar-refractivity contribution in [2.75, 3.05) is 19.8 Å². The third-order valence-corrected chi connectivity index (χ3v) is 3.28. The van der Waals surface area contributed by atoms with Crippen LogP contribution in [-0.4, -0.2) is 35.4 Å². The number of aromatic nitrogens is 2. The number of ether oxygens (including phenoxy) is 1. The van der Waals surface area contributed by atoms with E-state index in [1.165, 1.54) is 5.82 Å². The van der Waals surface area contributed by atoms with Crippen LogP contribution < -0.4 is 5.32 Å². The molecule has 0 atom stereocenters.